The highest BCUT2D eigenvalue weighted by atomic mass is 32.2. The summed E-state index contributed by atoms with van der Waals surface area (Å²) in [6, 6.07) is 20.2. The number of methoxy groups -OCH3 is 1. The van der Waals surface area contributed by atoms with E-state index in [-0.39, 0.29) is 27.6 Å². The Labute approximate surface area is 237 Å². The van der Waals surface area contributed by atoms with Crippen LogP contribution in [0.3, 0.4) is 0 Å². The number of rotatable bonds is 8. The molecule has 0 spiro atoms. The largest absolute Gasteiger partial charge is 0.586 e. The van der Waals surface area contributed by atoms with Gasteiger partial charge in [0.15, 0.2) is 27.3 Å². The standard InChI is InChI=1S/C27H20F3N5O4S2/c1-39-20-7-3-5-18(14-20)17-4-2-6-19(13-17)24-23(12-16-8-10-21(11-9-16)41(31)38)34(27(28,29)30)35(33-24)26-32-22(15-40-26)25(36)37/h2-11,13-15H,12H2,1H3,(H2-,31,36,37,38)/p+2. The van der Waals surface area contributed by atoms with Gasteiger partial charge in [-0.05, 0) is 47.0 Å². The van der Waals surface area contributed by atoms with Crippen molar-refractivity contribution in [3.8, 4) is 33.3 Å². The van der Waals surface area contributed by atoms with Crippen LogP contribution in [0, 0.1) is 0 Å². The molecule has 0 aliphatic rings. The zero-order valence-electron chi connectivity index (χ0n) is 21.2. The first kappa shape index (κ1) is 28.1. The summed E-state index contributed by atoms with van der Waals surface area (Å²) < 4.78 is 61.1. The van der Waals surface area contributed by atoms with Crippen LogP contribution in [0.4, 0.5) is 13.2 Å². The summed E-state index contributed by atoms with van der Waals surface area (Å²) in [7, 11) is -0.570. The third-order valence-electron chi connectivity index (χ3n) is 6.14. The molecule has 0 saturated heterocycles. The maximum atomic E-state index is 14.7. The topological polar surface area (TPSA) is 124 Å². The first-order chi connectivity index (χ1) is 19.5. The first-order valence-electron chi connectivity index (χ1n) is 11.9. The Morgan fingerprint density at radius 3 is 2.34 bits per heavy atom. The van der Waals surface area contributed by atoms with E-state index in [1.54, 1.807) is 48.5 Å². The Bertz CT molecular complexity index is 1770. The van der Waals surface area contributed by atoms with Crippen LogP contribution in [0.25, 0.3) is 27.5 Å². The lowest BCUT2D eigenvalue weighted by Gasteiger charge is -2.08. The van der Waals surface area contributed by atoms with Gasteiger partial charge in [-0.25, -0.2) is 9.78 Å². The number of hydrogen-bond donors (Lipinski definition) is 2. The molecule has 41 heavy (non-hydrogen) atoms. The number of halogens is 3. The van der Waals surface area contributed by atoms with E-state index >= 15 is 0 Å². The second-order valence-electron chi connectivity index (χ2n) is 8.77. The Morgan fingerprint density at radius 2 is 1.73 bits per heavy atom. The Kier molecular flexibility index (Phi) is 7.71. The Hall–Kier alpha value is -4.40. The van der Waals surface area contributed by atoms with Gasteiger partial charge in [0.2, 0.25) is 0 Å². The van der Waals surface area contributed by atoms with Gasteiger partial charge in [0.05, 0.1) is 12.2 Å². The smallest absolute Gasteiger partial charge is 0.497 e. The molecule has 2 heterocycles. The van der Waals surface area contributed by atoms with Gasteiger partial charge in [-0.3, -0.25) is 0 Å². The van der Waals surface area contributed by atoms with E-state index < -0.39 is 28.9 Å². The number of thiazole rings is 1. The summed E-state index contributed by atoms with van der Waals surface area (Å²) >= 11 is 0.721. The van der Waals surface area contributed by atoms with Gasteiger partial charge < -0.3 is 9.84 Å². The van der Waals surface area contributed by atoms with Crippen molar-refractivity contribution in [2.24, 2.45) is 5.14 Å². The minimum atomic E-state index is -4.94. The number of benzene rings is 3. The van der Waals surface area contributed by atoms with Crippen LogP contribution in [0.2, 0.25) is 0 Å². The van der Waals surface area contributed by atoms with Gasteiger partial charge in [0.1, 0.15) is 5.75 Å². The molecule has 5 rings (SSSR count). The molecule has 0 radical (unpaired) electrons. The van der Waals surface area contributed by atoms with Crippen molar-refractivity contribution in [2.75, 3.05) is 7.11 Å². The fourth-order valence-electron chi connectivity index (χ4n) is 4.24. The maximum absolute atomic E-state index is 14.7. The van der Waals surface area contributed by atoms with Crippen LogP contribution in [0.1, 0.15) is 21.7 Å². The second-order valence-corrected chi connectivity index (χ2v) is 10.8. The van der Waals surface area contributed by atoms with E-state index in [1.165, 1.54) is 19.2 Å². The van der Waals surface area contributed by atoms with Crippen molar-refractivity contribution in [1.82, 2.24) is 14.9 Å². The third kappa shape index (κ3) is 5.89. The highest BCUT2D eigenvalue weighted by Gasteiger charge is 2.48. The number of nitrogens with zero attached hydrogens (tertiary/aromatic N) is 4. The fraction of sp³-hybridized carbons (Fsp3) is 0.111. The molecule has 14 heteroatoms. The number of aromatic carboxylic acids is 1. The van der Waals surface area contributed by atoms with Crippen LogP contribution in [-0.2, 0) is 27.9 Å². The summed E-state index contributed by atoms with van der Waals surface area (Å²) in [5.41, 5.74) is 1.80. The molecule has 210 valence electrons. The van der Waals surface area contributed by atoms with Crippen molar-refractivity contribution >= 4 is 28.3 Å². The number of nitrogens with two attached hydrogens (primary N) is 1. The lowest BCUT2D eigenvalue weighted by atomic mass is 9.99. The van der Waals surface area contributed by atoms with Crippen LogP contribution >= 0.6 is 11.3 Å². The van der Waals surface area contributed by atoms with E-state index in [1.807, 2.05) is 12.1 Å². The van der Waals surface area contributed by atoms with Crippen LogP contribution in [0.15, 0.2) is 83.1 Å². The summed E-state index contributed by atoms with van der Waals surface area (Å²) in [6.07, 6.45) is -5.16. The molecule has 3 N–H and O–H groups in total. The number of carboxylic acid groups (broad SMARTS) is 1. The summed E-state index contributed by atoms with van der Waals surface area (Å²) in [5.74, 6) is -0.753. The number of alkyl halides is 3. The highest BCUT2D eigenvalue weighted by molar-refractivity contribution is 7.82. The predicted octanol–water partition coefficient (Wildman–Crippen LogP) is 4.65. The van der Waals surface area contributed by atoms with E-state index in [0.717, 1.165) is 27.8 Å². The quantitative estimate of drug-likeness (QED) is 0.152. The third-order valence-corrected chi connectivity index (χ3v) is 7.75. The van der Waals surface area contributed by atoms with Gasteiger partial charge in [-0.15, -0.1) is 18.3 Å². The molecule has 0 bridgehead atoms. The summed E-state index contributed by atoms with van der Waals surface area (Å²) in [4.78, 5) is 16.2. The van der Waals surface area contributed by atoms with Crippen molar-refractivity contribution in [3.05, 3.63) is 95.1 Å². The molecular formula is C27H22F3N5O4S2+2. The number of hydrogen-bond acceptors (Lipinski definition) is 6. The van der Waals surface area contributed by atoms with Crippen molar-refractivity contribution in [3.63, 3.8) is 0 Å². The lowest BCUT2D eigenvalue weighted by Crippen LogP contribution is -2.56. The number of carbonyl (C=O) groups is 1. The van der Waals surface area contributed by atoms with E-state index in [4.69, 9.17) is 9.88 Å². The molecule has 1 unspecified atom stereocenters. The Balaban J connectivity index is 1.71. The number of thiol groups is 1. The van der Waals surface area contributed by atoms with Gasteiger partial charge in [0, 0.05) is 22.2 Å². The van der Waals surface area contributed by atoms with Crippen molar-refractivity contribution < 1.29 is 36.7 Å². The van der Waals surface area contributed by atoms with Crippen molar-refractivity contribution in [1.29, 1.82) is 0 Å². The predicted molar refractivity (Wildman–Crippen MR) is 146 cm³/mol. The number of aromatic nitrogens is 4. The van der Waals surface area contributed by atoms with Gasteiger partial charge in [-0.2, -0.15) is 0 Å². The summed E-state index contributed by atoms with van der Waals surface area (Å²) in [6.45, 7) is 0. The number of carboxylic acids is 1. The first-order valence-corrected chi connectivity index (χ1v) is 14.1. The minimum absolute atomic E-state index is 0.0214. The SMILES string of the molecule is COc1cccc(-c2cccc(-c3nn(-c4nc(C(=O)O)cs4)[n+](C(F)(F)F)c3Cc3ccc([SH+](N)=O)cc3)c2)c1. The zero-order chi connectivity index (χ0) is 29.3. The molecule has 0 aliphatic heterocycles. The van der Waals surface area contributed by atoms with Gasteiger partial charge in [-0.1, -0.05) is 62.7 Å². The second kappa shape index (κ2) is 11.2. The fourth-order valence-corrected chi connectivity index (χ4v) is 5.42. The summed E-state index contributed by atoms with van der Waals surface area (Å²) in [5, 5.41) is 19.9. The molecule has 5 aromatic rings. The normalized spacial score (nSPS) is 12.3. The molecule has 1 atom stereocenters. The average Bonchev–Trinajstić information content (AvgIpc) is 3.59. The maximum Gasteiger partial charge on any atom is 0.586 e. The van der Waals surface area contributed by atoms with Crippen molar-refractivity contribution in [2.45, 2.75) is 17.6 Å². The Morgan fingerprint density at radius 1 is 1.07 bits per heavy atom. The van der Waals surface area contributed by atoms with E-state index in [0.29, 0.717) is 26.6 Å². The minimum Gasteiger partial charge on any atom is -0.497 e. The van der Waals surface area contributed by atoms with Gasteiger partial charge in [0.25, 0.3) is 10.8 Å². The number of ether oxygens (including phenoxy) is 1. The molecular weight excluding hydrogens is 579 g/mol. The van der Waals surface area contributed by atoms with Crippen LogP contribution in [-0.4, -0.2) is 33.1 Å². The van der Waals surface area contributed by atoms with E-state index in [9.17, 15) is 27.3 Å². The van der Waals surface area contributed by atoms with Crippen LogP contribution in [0.5, 0.6) is 5.75 Å². The molecule has 0 fully saturated rings. The van der Waals surface area contributed by atoms with Gasteiger partial charge >= 0.3 is 12.3 Å². The molecule has 9 nitrogen and oxygen atoms in total. The molecule has 0 saturated carbocycles. The zero-order valence-corrected chi connectivity index (χ0v) is 23.0. The average molecular weight is 602 g/mol. The highest BCUT2D eigenvalue weighted by Crippen LogP contribution is 2.32. The van der Waals surface area contributed by atoms with E-state index in [2.05, 4.69) is 10.1 Å². The molecule has 2 aromatic heterocycles. The lowest BCUT2D eigenvalue weighted by molar-refractivity contribution is -0.911. The molecule has 0 aliphatic carbocycles. The monoisotopic (exact) mass is 601 g/mol. The van der Waals surface area contributed by atoms with Crippen LogP contribution < -0.4 is 14.6 Å². The molecule has 0 amide bonds. The molecule has 3 aromatic carbocycles.